The molecular formula is C16H13N3OS. The Kier molecular flexibility index (Phi) is 3.57. The summed E-state index contributed by atoms with van der Waals surface area (Å²) in [6.07, 6.45) is 3.52. The lowest BCUT2D eigenvalue weighted by atomic mass is 10.1. The molecule has 0 radical (unpaired) electrons. The van der Waals surface area contributed by atoms with Gasteiger partial charge in [-0.05, 0) is 30.7 Å². The SMILES string of the molecule is CC1=C(c2nc(-c3ccc(C#N)cc3)cs2)CN(O)C=C1. The van der Waals surface area contributed by atoms with Gasteiger partial charge in [-0.3, -0.25) is 10.3 Å². The first-order chi connectivity index (χ1) is 10.2. The normalized spacial score (nSPS) is 14.4. The minimum absolute atomic E-state index is 0.447. The second-order valence-electron chi connectivity index (χ2n) is 4.80. The number of thiazole rings is 1. The van der Waals surface area contributed by atoms with Crippen LogP contribution in [0.25, 0.3) is 16.8 Å². The Morgan fingerprint density at radius 2 is 2.10 bits per heavy atom. The predicted molar refractivity (Wildman–Crippen MR) is 82.5 cm³/mol. The molecule has 104 valence electrons. The summed E-state index contributed by atoms with van der Waals surface area (Å²) in [6.45, 7) is 2.46. The monoisotopic (exact) mass is 295 g/mol. The summed E-state index contributed by atoms with van der Waals surface area (Å²) in [7, 11) is 0. The highest BCUT2D eigenvalue weighted by Gasteiger charge is 2.15. The number of aromatic nitrogens is 1. The van der Waals surface area contributed by atoms with Crippen molar-refractivity contribution in [2.24, 2.45) is 0 Å². The fourth-order valence-corrected chi connectivity index (χ4v) is 3.07. The van der Waals surface area contributed by atoms with Crippen LogP contribution in [0.1, 0.15) is 17.5 Å². The van der Waals surface area contributed by atoms with Gasteiger partial charge in [0, 0.05) is 22.7 Å². The van der Waals surface area contributed by atoms with Crippen LogP contribution in [0.2, 0.25) is 0 Å². The third-order valence-corrected chi connectivity index (χ3v) is 4.27. The van der Waals surface area contributed by atoms with E-state index in [0.29, 0.717) is 12.1 Å². The van der Waals surface area contributed by atoms with Crippen molar-refractivity contribution in [1.29, 1.82) is 5.26 Å². The second-order valence-corrected chi connectivity index (χ2v) is 5.66. The maximum absolute atomic E-state index is 9.60. The van der Waals surface area contributed by atoms with Gasteiger partial charge in [-0.15, -0.1) is 11.3 Å². The Bertz CT molecular complexity index is 766. The van der Waals surface area contributed by atoms with Crippen molar-refractivity contribution in [3.05, 3.63) is 58.1 Å². The van der Waals surface area contributed by atoms with E-state index in [-0.39, 0.29) is 0 Å². The summed E-state index contributed by atoms with van der Waals surface area (Å²) >= 11 is 1.56. The summed E-state index contributed by atoms with van der Waals surface area (Å²) < 4.78 is 0. The van der Waals surface area contributed by atoms with Gasteiger partial charge < -0.3 is 0 Å². The molecule has 0 bridgehead atoms. The number of allylic oxidation sites excluding steroid dienone is 2. The second kappa shape index (κ2) is 5.52. The van der Waals surface area contributed by atoms with Gasteiger partial charge in [-0.25, -0.2) is 4.98 Å². The van der Waals surface area contributed by atoms with Crippen LogP contribution in [-0.4, -0.2) is 21.8 Å². The molecule has 1 aromatic heterocycles. The average molecular weight is 295 g/mol. The highest BCUT2D eigenvalue weighted by Crippen LogP contribution is 2.30. The Morgan fingerprint density at radius 1 is 1.33 bits per heavy atom. The van der Waals surface area contributed by atoms with E-state index in [1.807, 2.05) is 30.5 Å². The highest BCUT2D eigenvalue weighted by atomic mass is 32.1. The molecule has 21 heavy (non-hydrogen) atoms. The average Bonchev–Trinajstić information content (AvgIpc) is 2.99. The minimum atomic E-state index is 0.447. The smallest absolute Gasteiger partial charge is 0.122 e. The largest absolute Gasteiger partial charge is 0.289 e. The van der Waals surface area contributed by atoms with Crippen molar-refractivity contribution < 1.29 is 5.21 Å². The molecule has 0 aliphatic carbocycles. The molecule has 5 heteroatoms. The number of hydrogen-bond donors (Lipinski definition) is 1. The molecule has 3 rings (SSSR count). The zero-order valence-corrected chi connectivity index (χ0v) is 12.3. The summed E-state index contributed by atoms with van der Waals surface area (Å²) in [6, 6.07) is 9.49. The molecule has 2 heterocycles. The number of nitriles is 1. The minimum Gasteiger partial charge on any atom is -0.289 e. The van der Waals surface area contributed by atoms with Crippen molar-refractivity contribution in [2.75, 3.05) is 6.54 Å². The van der Waals surface area contributed by atoms with Crippen LogP contribution >= 0.6 is 11.3 Å². The standard InChI is InChI=1S/C16H13N3OS/c1-11-6-7-19(20)9-14(11)16-18-15(10-21-16)13-4-2-12(8-17)3-5-13/h2-7,10,20H,9H2,1H3. The molecule has 1 aliphatic rings. The molecule has 2 aromatic rings. The van der Waals surface area contributed by atoms with Crippen LogP contribution in [0, 0.1) is 11.3 Å². The molecule has 0 spiro atoms. The van der Waals surface area contributed by atoms with E-state index in [9.17, 15) is 5.21 Å². The zero-order chi connectivity index (χ0) is 14.8. The van der Waals surface area contributed by atoms with Crippen molar-refractivity contribution in [3.8, 4) is 17.3 Å². The molecule has 0 saturated heterocycles. The first-order valence-electron chi connectivity index (χ1n) is 6.47. The first-order valence-corrected chi connectivity index (χ1v) is 7.35. The van der Waals surface area contributed by atoms with Crippen molar-refractivity contribution in [1.82, 2.24) is 10.0 Å². The van der Waals surface area contributed by atoms with Gasteiger partial charge in [-0.1, -0.05) is 12.1 Å². The number of nitrogens with zero attached hydrogens (tertiary/aromatic N) is 3. The number of hydroxylamine groups is 2. The quantitative estimate of drug-likeness (QED) is 0.918. The van der Waals surface area contributed by atoms with Crippen LogP contribution in [0.15, 0.2) is 47.5 Å². The summed E-state index contributed by atoms with van der Waals surface area (Å²) in [4.78, 5) is 4.65. The van der Waals surface area contributed by atoms with Gasteiger partial charge >= 0.3 is 0 Å². The molecule has 0 unspecified atom stereocenters. The maximum atomic E-state index is 9.60. The topological polar surface area (TPSA) is 60.2 Å². The lowest BCUT2D eigenvalue weighted by Gasteiger charge is -2.19. The number of hydrogen-bond acceptors (Lipinski definition) is 5. The third kappa shape index (κ3) is 2.72. The van der Waals surface area contributed by atoms with Gasteiger partial charge in [-0.2, -0.15) is 5.26 Å². The van der Waals surface area contributed by atoms with Gasteiger partial charge in [0.15, 0.2) is 0 Å². The van der Waals surface area contributed by atoms with Gasteiger partial charge in [0.25, 0.3) is 0 Å². The molecule has 0 fully saturated rings. The Morgan fingerprint density at radius 3 is 2.81 bits per heavy atom. The molecular weight excluding hydrogens is 282 g/mol. The van der Waals surface area contributed by atoms with E-state index >= 15 is 0 Å². The maximum Gasteiger partial charge on any atom is 0.122 e. The van der Waals surface area contributed by atoms with E-state index in [1.165, 1.54) is 0 Å². The van der Waals surface area contributed by atoms with E-state index in [0.717, 1.165) is 32.5 Å². The predicted octanol–water partition coefficient (Wildman–Crippen LogP) is 3.67. The molecule has 1 N–H and O–H groups in total. The molecule has 0 atom stereocenters. The zero-order valence-electron chi connectivity index (χ0n) is 11.4. The summed E-state index contributed by atoms with van der Waals surface area (Å²) in [5.41, 5.74) is 4.66. The van der Waals surface area contributed by atoms with E-state index in [2.05, 4.69) is 11.1 Å². The van der Waals surface area contributed by atoms with Gasteiger partial charge in [0.1, 0.15) is 5.01 Å². The molecule has 0 amide bonds. The van der Waals surface area contributed by atoms with Crippen LogP contribution in [-0.2, 0) is 0 Å². The molecule has 0 saturated carbocycles. The van der Waals surface area contributed by atoms with Crippen LogP contribution in [0.5, 0.6) is 0 Å². The van der Waals surface area contributed by atoms with E-state index in [4.69, 9.17) is 5.26 Å². The summed E-state index contributed by atoms with van der Waals surface area (Å²) in [5, 5.41) is 22.5. The van der Waals surface area contributed by atoms with Crippen molar-refractivity contribution in [3.63, 3.8) is 0 Å². The van der Waals surface area contributed by atoms with Crippen LogP contribution in [0.4, 0.5) is 0 Å². The van der Waals surface area contributed by atoms with E-state index < -0.39 is 0 Å². The molecule has 4 nitrogen and oxygen atoms in total. The lowest BCUT2D eigenvalue weighted by molar-refractivity contribution is -0.0281. The van der Waals surface area contributed by atoms with Gasteiger partial charge in [0.05, 0.1) is 23.9 Å². The van der Waals surface area contributed by atoms with Crippen LogP contribution in [0.3, 0.4) is 0 Å². The Hall–Kier alpha value is -2.42. The van der Waals surface area contributed by atoms with E-state index in [1.54, 1.807) is 29.7 Å². The Balaban J connectivity index is 1.93. The van der Waals surface area contributed by atoms with Crippen molar-refractivity contribution in [2.45, 2.75) is 6.92 Å². The number of rotatable bonds is 2. The summed E-state index contributed by atoms with van der Waals surface area (Å²) in [5.74, 6) is 0. The first kappa shape index (κ1) is 13.6. The molecule has 1 aromatic carbocycles. The van der Waals surface area contributed by atoms with Gasteiger partial charge in [0.2, 0.25) is 0 Å². The fraction of sp³-hybridized carbons (Fsp3) is 0.125. The van der Waals surface area contributed by atoms with Crippen LogP contribution < -0.4 is 0 Å². The Labute approximate surface area is 126 Å². The lowest BCUT2D eigenvalue weighted by Crippen LogP contribution is -2.18. The third-order valence-electron chi connectivity index (χ3n) is 3.36. The fourth-order valence-electron chi connectivity index (χ4n) is 2.13. The molecule has 1 aliphatic heterocycles. The number of benzene rings is 1. The van der Waals surface area contributed by atoms with Crippen molar-refractivity contribution >= 4 is 16.9 Å². The highest BCUT2D eigenvalue weighted by molar-refractivity contribution is 7.11.